The first kappa shape index (κ1) is 15.4. The summed E-state index contributed by atoms with van der Waals surface area (Å²) in [5.41, 5.74) is 3.93. The van der Waals surface area contributed by atoms with Crippen LogP contribution in [0.25, 0.3) is 22.4 Å². The van der Waals surface area contributed by atoms with Crippen molar-refractivity contribution in [3.63, 3.8) is 0 Å². The summed E-state index contributed by atoms with van der Waals surface area (Å²) >= 11 is 5.30. The molecule has 0 saturated heterocycles. The van der Waals surface area contributed by atoms with Crippen molar-refractivity contribution in [1.82, 2.24) is 15.3 Å². The van der Waals surface area contributed by atoms with Crippen LogP contribution in [0.1, 0.15) is 5.76 Å². The monoisotopic (exact) mass is 348 g/mol. The van der Waals surface area contributed by atoms with E-state index in [0.717, 1.165) is 33.9 Å². The fourth-order valence-corrected chi connectivity index (χ4v) is 2.75. The van der Waals surface area contributed by atoms with E-state index in [2.05, 4.69) is 20.6 Å². The summed E-state index contributed by atoms with van der Waals surface area (Å²) in [6.45, 7) is 0.551. The van der Waals surface area contributed by atoms with E-state index in [1.165, 1.54) is 0 Å². The van der Waals surface area contributed by atoms with Crippen molar-refractivity contribution in [2.24, 2.45) is 0 Å². The minimum Gasteiger partial charge on any atom is -0.467 e. The molecular formula is C19H16N4OS. The van der Waals surface area contributed by atoms with Gasteiger partial charge in [0.1, 0.15) is 11.6 Å². The third kappa shape index (κ3) is 3.54. The summed E-state index contributed by atoms with van der Waals surface area (Å²) < 4.78 is 5.26. The van der Waals surface area contributed by atoms with Gasteiger partial charge in [-0.1, -0.05) is 12.1 Å². The lowest BCUT2D eigenvalue weighted by molar-refractivity contribution is 0.503. The fourth-order valence-electron chi connectivity index (χ4n) is 2.56. The van der Waals surface area contributed by atoms with Crippen LogP contribution in [0.3, 0.4) is 0 Å². The minimum atomic E-state index is 0.549. The number of nitrogens with one attached hydrogen (secondary N) is 3. The molecule has 0 amide bonds. The Bertz CT molecular complexity index is 957. The van der Waals surface area contributed by atoms with Gasteiger partial charge >= 0.3 is 0 Å². The quantitative estimate of drug-likeness (QED) is 0.480. The number of imidazole rings is 1. The molecule has 0 atom stereocenters. The highest BCUT2D eigenvalue weighted by molar-refractivity contribution is 7.80. The van der Waals surface area contributed by atoms with Gasteiger partial charge in [0.15, 0.2) is 5.11 Å². The second-order valence-corrected chi connectivity index (χ2v) is 5.98. The number of aromatic amines is 1. The normalized spacial score (nSPS) is 10.7. The molecule has 2 heterocycles. The Hall–Kier alpha value is -3.12. The third-order valence-corrected chi connectivity index (χ3v) is 4.06. The highest BCUT2D eigenvalue weighted by Gasteiger charge is 2.05. The molecule has 0 spiro atoms. The number of hydrogen-bond donors (Lipinski definition) is 3. The maximum atomic E-state index is 5.30. The zero-order valence-corrected chi connectivity index (χ0v) is 14.1. The standard InChI is InChI=1S/C19H16N4OS/c25-19(20-12-15-4-3-11-24-15)21-14-9-7-13(8-10-14)18-22-16-5-1-2-6-17(16)23-18/h1-11H,12H2,(H,22,23)(H2,20,21,25). The van der Waals surface area contributed by atoms with E-state index < -0.39 is 0 Å². The fraction of sp³-hybridized carbons (Fsp3) is 0.0526. The molecule has 25 heavy (non-hydrogen) atoms. The minimum absolute atomic E-state index is 0.549. The lowest BCUT2D eigenvalue weighted by Gasteiger charge is -2.09. The van der Waals surface area contributed by atoms with Gasteiger partial charge in [-0.05, 0) is 60.7 Å². The second-order valence-electron chi connectivity index (χ2n) is 5.57. The number of benzene rings is 2. The Balaban J connectivity index is 1.42. The van der Waals surface area contributed by atoms with Gasteiger partial charge in [0.2, 0.25) is 0 Å². The molecule has 0 fully saturated rings. The van der Waals surface area contributed by atoms with Crippen molar-refractivity contribution < 1.29 is 4.42 Å². The van der Waals surface area contributed by atoms with Crippen LogP contribution in [0.4, 0.5) is 5.69 Å². The van der Waals surface area contributed by atoms with Gasteiger partial charge in [0.25, 0.3) is 0 Å². The Kier molecular flexibility index (Phi) is 4.18. The number of para-hydroxylation sites is 2. The number of fused-ring (bicyclic) bond motifs is 1. The van der Waals surface area contributed by atoms with Crippen molar-refractivity contribution in [1.29, 1.82) is 0 Å². The number of furan rings is 1. The average molecular weight is 348 g/mol. The van der Waals surface area contributed by atoms with E-state index in [0.29, 0.717) is 11.7 Å². The maximum Gasteiger partial charge on any atom is 0.171 e. The Morgan fingerprint density at radius 1 is 1.04 bits per heavy atom. The first-order valence-electron chi connectivity index (χ1n) is 7.90. The van der Waals surface area contributed by atoms with Gasteiger partial charge in [-0.3, -0.25) is 0 Å². The van der Waals surface area contributed by atoms with Crippen molar-refractivity contribution in [2.75, 3.05) is 5.32 Å². The van der Waals surface area contributed by atoms with Crippen LogP contribution in [0.2, 0.25) is 0 Å². The highest BCUT2D eigenvalue weighted by Crippen LogP contribution is 2.22. The average Bonchev–Trinajstić information content (AvgIpc) is 3.30. The number of rotatable bonds is 4. The first-order chi connectivity index (χ1) is 12.3. The molecule has 0 aliphatic rings. The Morgan fingerprint density at radius 3 is 2.64 bits per heavy atom. The van der Waals surface area contributed by atoms with E-state index in [4.69, 9.17) is 16.6 Å². The van der Waals surface area contributed by atoms with E-state index in [1.54, 1.807) is 6.26 Å². The van der Waals surface area contributed by atoms with Gasteiger partial charge < -0.3 is 20.0 Å². The van der Waals surface area contributed by atoms with Crippen LogP contribution in [-0.2, 0) is 6.54 Å². The topological polar surface area (TPSA) is 65.9 Å². The number of H-pyrrole nitrogens is 1. The van der Waals surface area contributed by atoms with E-state index in [1.807, 2.05) is 60.7 Å². The van der Waals surface area contributed by atoms with Crippen molar-refractivity contribution in [3.8, 4) is 11.4 Å². The zero-order chi connectivity index (χ0) is 17.1. The first-order valence-corrected chi connectivity index (χ1v) is 8.31. The summed E-state index contributed by atoms with van der Waals surface area (Å²) in [6, 6.07) is 19.7. The molecule has 4 rings (SSSR count). The molecule has 4 aromatic rings. The summed E-state index contributed by atoms with van der Waals surface area (Å²) in [5, 5.41) is 6.81. The lowest BCUT2D eigenvalue weighted by atomic mass is 10.2. The van der Waals surface area contributed by atoms with Gasteiger partial charge in [-0.25, -0.2) is 4.98 Å². The predicted molar refractivity (Wildman–Crippen MR) is 103 cm³/mol. The van der Waals surface area contributed by atoms with Crippen LogP contribution >= 0.6 is 12.2 Å². The van der Waals surface area contributed by atoms with Gasteiger partial charge in [0.05, 0.1) is 23.8 Å². The van der Waals surface area contributed by atoms with E-state index in [9.17, 15) is 0 Å². The molecule has 0 saturated carbocycles. The van der Waals surface area contributed by atoms with Crippen LogP contribution < -0.4 is 10.6 Å². The molecule has 124 valence electrons. The molecule has 0 aliphatic heterocycles. The highest BCUT2D eigenvalue weighted by atomic mass is 32.1. The zero-order valence-electron chi connectivity index (χ0n) is 13.3. The lowest BCUT2D eigenvalue weighted by Crippen LogP contribution is -2.27. The van der Waals surface area contributed by atoms with Crippen LogP contribution in [-0.4, -0.2) is 15.1 Å². The molecule has 5 nitrogen and oxygen atoms in total. The molecule has 0 aliphatic carbocycles. The van der Waals surface area contributed by atoms with E-state index >= 15 is 0 Å². The third-order valence-electron chi connectivity index (χ3n) is 3.81. The van der Waals surface area contributed by atoms with Crippen LogP contribution in [0, 0.1) is 0 Å². The SMILES string of the molecule is S=C(NCc1ccco1)Nc1ccc(-c2nc3ccccc3[nH]2)cc1. The predicted octanol–water partition coefficient (Wildman–Crippen LogP) is 4.31. The van der Waals surface area contributed by atoms with E-state index in [-0.39, 0.29) is 0 Å². The molecular weight excluding hydrogens is 332 g/mol. The number of nitrogens with zero attached hydrogens (tertiary/aromatic N) is 1. The summed E-state index contributed by atoms with van der Waals surface area (Å²) in [5.74, 6) is 1.69. The number of hydrogen-bond acceptors (Lipinski definition) is 3. The second kappa shape index (κ2) is 6.78. The molecule has 0 unspecified atom stereocenters. The molecule has 3 N–H and O–H groups in total. The van der Waals surface area contributed by atoms with Crippen molar-refractivity contribution >= 4 is 34.1 Å². The molecule has 0 radical (unpaired) electrons. The Labute approximate surface area is 150 Å². The smallest absolute Gasteiger partial charge is 0.171 e. The summed E-state index contributed by atoms with van der Waals surface area (Å²) in [4.78, 5) is 7.93. The molecule has 6 heteroatoms. The van der Waals surface area contributed by atoms with Gasteiger partial charge in [-0.15, -0.1) is 0 Å². The Morgan fingerprint density at radius 2 is 1.88 bits per heavy atom. The van der Waals surface area contributed by atoms with Crippen LogP contribution in [0.5, 0.6) is 0 Å². The largest absolute Gasteiger partial charge is 0.467 e. The van der Waals surface area contributed by atoms with Crippen LogP contribution in [0.15, 0.2) is 71.3 Å². The molecule has 2 aromatic heterocycles. The number of aromatic nitrogens is 2. The maximum absolute atomic E-state index is 5.30. The summed E-state index contributed by atoms with van der Waals surface area (Å²) in [6.07, 6.45) is 1.64. The summed E-state index contributed by atoms with van der Waals surface area (Å²) in [7, 11) is 0. The van der Waals surface area contributed by atoms with Gasteiger partial charge in [0, 0.05) is 11.3 Å². The molecule has 2 aromatic carbocycles. The van der Waals surface area contributed by atoms with Crippen molar-refractivity contribution in [2.45, 2.75) is 6.54 Å². The number of anilines is 1. The molecule has 0 bridgehead atoms. The van der Waals surface area contributed by atoms with Crippen molar-refractivity contribution in [3.05, 3.63) is 72.7 Å². The van der Waals surface area contributed by atoms with Gasteiger partial charge in [-0.2, -0.15) is 0 Å². The number of thiocarbonyl (C=S) groups is 1.